The van der Waals surface area contributed by atoms with Crippen LogP contribution in [0.25, 0.3) is 0 Å². The maximum atomic E-state index is 10.8. The lowest BCUT2D eigenvalue weighted by Crippen LogP contribution is -2.21. The van der Waals surface area contributed by atoms with Gasteiger partial charge in [0.25, 0.3) is 0 Å². The Labute approximate surface area is 81.5 Å². The Morgan fingerprint density at radius 1 is 1.50 bits per heavy atom. The SMILES string of the molecule is CC1CC(Br)CCCC1C(=O)O. The van der Waals surface area contributed by atoms with Gasteiger partial charge in [-0.2, -0.15) is 0 Å². The van der Waals surface area contributed by atoms with E-state index in [1.54, 1.807) is 0 Å². The van der Waals surface area contributed by atoms with Gasteiger partial charge in [0.05, 0.1) is 5.92 Å². The van der Waals surface area contributed by atoms with Gasteiger partial charge < -0.3 is 5.11 Å². The van der Waals surface area contributed by atoms with Crippen molar-refractivity contribution in [2.45, 2.75) is 37.4 Å². The molecule has 12 heavy (non-hydrogen) atoms. The van der Waals surface area contributed by atoms with Crippen molar-refractivity contribution in [2.24, 2.45) is 11.8 Å². The highest BCUT2D eigenvalue weighted by Gasteiger charge is 2.28. The molecule has 2 nitrogen and oxygen atoms in total. The monoisotopic (exact) mass is 234 g/mol. The summed E-state index contributed by atoms with van der Waals surface area (Å²) in [7, 11) is 0. The van der Waals surface area contributed by atoms with E-state index in [-0.39, 0.29) is 5.92 Å². The number of alkyl halides is 1. The maximum absolute atomic E-state index is 10.8. The zero-order chi connectivity index (χ0) is 9.14. The van der Waals surface area contributed by atoms with Gasteiger partial charge in [-0.05, 0) is 25.2 Å². The van der Waals surface area contributed by atoms with Gasteiger partial charge in [-0.25, -0.2) is 0 Å². The molecule has 1 N–H and O–H groups in total. The second-order valence-corrected chi connectivity index (χ2v) is 4.98. The molecule has 0 bridgehead atoms. The molecule has 0 saturated heterocycles. The van der Waals surface area contributed by atoms with Gasteiger partial charge in [0.1, 0.15) is 0 Å². The molecule has 0 aromatic heterocycles. The Kier molecular flexibility index (Phi) is 3.56. The summed E-state index contributed by atoms with van der Waals surface area (Å²) in [6.07, 6.45) is 4.00. The molecule has 0 aromatic rings. The van der Waals surface area contributed by atoms with Crippen LogP contribution in [0.5, 0.6) is 0 Å². The van der Waals surface area contributed by atoms with E-state index in [2.05, 4.69) is 15.9 Å². The lowest BCUT2D eigenvalue weighted by molar-refractivity contribution is -0.143. The first kappa shape index (κ1) is 10.0. The first-order valence-corrected chi connectivity index (χ1v) is 5.39. The summed E-state index contributed by atoms with van der Waals surface area (Å²) >= 11 is 3.56. The third kappa shape index (κ3) is 2.47. The molecule has 3 atom stereocenters. The molecule has 3 heteroatoms. The third-order valence-corrected chi connectivity index (χ3v) is 3.50. The van der Waals surface area contributed by atoms with Crippen LogP contribution >= 0.6 is 15.9 Å². The number of hydrogen-bond donors (Lipinski definition) is 1. The topological polar surface area (TPSA) is 37.3 Å². The fourth-order valence-corrected chi connectivity index (χ4v) is 2.81. The Bertz CT molecular complexity index is 170. The zero-order valence-corrected chi connectivity index (χ0v) is 8.88. The molecule has 1 aliphatic carbocycles. The Morgan fingerprint density at radius 3 is 2.75 bits per heavy atom. The zero-order valence-electron chi connectivity index (χ0n) is 7.29. The highest BCUT2D eigenvalue weighted by atomic mass is 79.9. The molecule has 1 aliphatic rings. The number of rotatable bonds is 1. The maximum Gasteiger partial charge on any atom is 0.306 e. The Hall–Kier alpha value is -0.0500. The van der Waals surface area contributed by atoms with Crippen LogP contribution in [0.3, 0.4) is 0 Å². The van der Waals surface area contributed by atoms with Crippen molar-refractivity contribution in [2.75, 3.05) is 0 Å². The number of hydrogen-bond acceptors (Lipinski definition) is 1. The number of aliphatic carboxylic acids is 1. The second kappa shape index (κ2) is 4.26. The van der Waals surface area contributed by atoms with Crippen molar-refractivity contribution in [1.82, 2.24) is 0 Å². The lowest BCUT2D eigenvalue weighted by atomic mass is 9.90. The minimum absolute atomic E-state index is 0.118. The van der Waals surface area contributed by atoms with Crippen molar-refractivity contribution < 1.29 is 9.90 Å². The van der Waals surface area contributed by atoms with Crippen LogP contribution in [0.4, 0.5) is 0 Å². The molecule has 0 amide bonds. The van der Waals surface area contributed by atoms with Crippen molar-refractivity contribution in [1.29, 1.82) is 0 Å². The quantitative estimate of drug-likeness (QED) is 0.560. The molecule has 1 rings (SSSR count). The summed E-state index contributed by atoms with van der Waals surface area (Å²) in [5, 5.41) is 8.90. The van der Waals surface area contributed by atoms with Crippen LogP contribution in [0.15, 0.2) is 0 Å². The van der Waals surface area contributed by atoms with Gasteiger partial charge in [0.15, 0.2) is 0 Å². The lowest BCUT2D eigenvalue weighted by Gasteiger charge is -2.16. The summed E-state index contributed by atoms with van der Waals surface area (Å²) in [5.74, 6) is -0.425. The summed E-state index contributed by atoms with van der Waals surface area (Å²) in [4.78, 5) is 11.3. The molecule has 0 heterocycles. The average molecular weight is 235 g/mol. The normalized spacial score (nSPS) is 37.3. The van der Waals surface area contributed by atoms with E-state index in [1.165, 1.54) is 0 Å². The van der Waals surface area contributed by atoms with Crippen LogP contribution in [0, 0.1) is 11.8 Å². The van der Waals surface area contributed by atoms with E-state index in [4.69, 9.17) is 5.11 Å². The van der Waals surface area contributed by atoms with Gasteiger partial charge in [0, 0.05) is 4.83 Å². The summed E-state index contributed by atoms with van der Waals surface area (Å²) in [6, 6.07) is 0. The highest BCUT2D eigenvalue weighted by molar-refractivity contribution is 9.09. The standard InChI is InChI=1S/C9H15BrO2/c1-6-5-7(10)3-2-4-8(6)9(11)12/h6-8H,2-5H2,1H3,(H,11,12). The number of carbonyl (C=O) groups is 1. The molecule has 0 radical (unpaired) electrons. The third-order valence-electron chi connectivity index (χ3n) is 2.66. The fourth-order valence-electron chi connectivity index (χ4n) is 1.90. The number of halogens is 1. The van der Waals surface area contributed by atoms with E-state index in [0.29, 0.717) is 10.7 Å². The van der Waals surface area contributed by atoms with E-state index < -0.39 is 5.97 Å². The molecule has 1 saturated carbocycles. The van der Waals surface area contributed by atoms with Crippen LogP contribution in [-0.4, -0.2) is 15.9 Å². The average Bonchev–Trinajstić information content (AvgIpc) is 2.10. The number of carboxylic acid groups (broad SMARTS) is 1. The van der Waals surface area contributed by atoms with Crippen LogP contribution in [-0.2, 0) is 4.79 Å². The van der Waals surface area contributed by atoms with Crippen molar-refractivity contribution >= 4 is 21.9 Å². The van der Waals surface area contributed by atoms with Crippen LogP contribution in [0.1, 0.15) is 32.6 Å². The Balaban J connectivity index is 2.57. The predicted molar refractivity (Wildman–Crippen MR) is 51.5 cm³/mol. The summed E-state index contributed by atoms with van der Waals surface area (Å²) in [5.41, 5.74) is 0. The van der Waals surface area contributed by atoms with E-state index in [1.807, 2.05) is 6.92 Å². The van der Waals surface area contributed by atoms with E-state index >= 15 is 0 Å². The van der Waals surface area contributed by atoms with Gasteiger partial charge in [-0.15, -0.1) is 0 Å². The predicted octanol–water partition coefficient (Wildman–Crippen LogP) is 2.66. The Morgan fingerprint density at radius 2 is 2.17 bits per heavy atom. The molecule has 70 valence electrons. The molecule has 3 unspecified atom stereocenters. The molecule has 0 aliphatic heterocycles. The summed E-state index contributed by atoms with van der Waals surface area (Å²) < 4.78 is 0. The largest absolute Gasteiger partial charge is 0.481 e. The van der Waals surface area contributed by atoms with Crippen molar-refractivity contribution in [3.05, 3.63) is 0 Å². The van der Waals surface area contributed by atoms with Gasteiger partial charge in [-0.1, -0.05) is 29.3 Å². The first-order valence-electron chi connectivity index (χ1n) is 4.48. The molecular weight excluding hydrogens is 220 g/mol. The minimum Gasteiger partial charge on any atom is -0.481 e. The molecule has 0 spiro atoms. The van der Waals surface area contributed by atoms with E-state index in [0.717, 1.165) is 25.7 Å². The van der Waals surface area contributed by atoms with Gasteiger partial charge in [-0.3, -0.25) is 4.79 Å². The summed E-state index contributed by atoms with van der Waals surface area (Å²) in [6.45, 7) is 2.04. The number of carboxylic acids is 1. The van der Waals surface area contributed by atoms with Crippen LogP contribution < -0.4 is 0 Å². The molecular formula is C9H15BrO2. The fraction of sp³-hybridized carbons (Fsp3) is 0.889. The van der Waals surface area contributed by atoms with Crippen LogP contribution in [0.2, 0.25) is 0 Å². The highest BCUT2D eigenvalue weighted by Crippen LogP contribution is 2.31. The van der Waals surface area contributed by atoms with E-state index in [9.17, 15) is 4.79 Å². The van der Waals surface area contributed by atoms with Crippen molar-refractivity contribution in [3.63, 3.8) is 0 Å². The molecule has 1 fully saturated rings. The molecule has 0 aromatic carbocycles. The smallest absolute Gasteiger partial charge is 0.306 e. The second-order valence-electron chi connectivity index (χ2n) is 3.69. The van der Waals surface area contributed by atoms with Gasteiger partial charge >= 0.3 is 5.97 Å². The minimum atomic E-state index is -0.621. The van der Waals surface area contributed by atoms with Gasteiger partial charge in [0.2, 0.25) is 0 Å². The van der Waals surface area contributed by atoms with Crippen molar-refractivity contribution in [3.8, 4) is 0 Å². The first-order chi connectivity index (χ1) is 5.61.